The van der Waals surface area contributed by atoms with Crippen LogP contribution < -0.4 is 0 Å². The van der Waals surface area contributed by atoms with Crippen LogP contribution in [0.15, 0.2) is 84.9 Å². The second-order valence-corrected chi connectivity index (χ2v) is 7.90. The lowest BCUT2D eigenvalue weighted by Gasteiger charge is -2.11. The summed E-state index contributed by atoms with van der Waals surface area (Å²) in [6.07, 6.45) is 0. The molecule has 4 aromatic carbocycles. The van der Waals surface area contributed by atoms with Crippen LogP contribution in [0.4, 0.5) is 0 Å². The fourth-order valence-corrected chi connectivity index (χ4v) is 3.89. The Hall–Kier alpha value is -5.24. The third kappa shape index (κ3) is 4.69. The Morgan fingerprint density at radius 3 is 0.972 bits per heavy atom. The van der Waals surface area contributed by atoms with E-state index in [1.807, 2.05) is 0 Å². The van der Waals surface area contributed by atoms with Gasteiger partial charge in [0.25, 0.3) is 0 Å². The summed E-state index contributed by atoms with van der Waals surface area (Å²) < 4.78 is 0. The molecule has 178 valence electrons. The predicted molar refractivity (Wildman–Crippen MR) is 131 cm³/mol. The molecular formula is C28H18O8. The molecule has 0 bridgehead atoms. The Balaban J connectivity index is 1.68. The van der Waals surface area contributed by atoms with Gasteiger partial charge >= 0.3 is 23.9 Å². The molecule has 0 heterocycles. The molecule has 0 fully saturated rings. The van der Waals surface area contributed by atoms with E-state index in [0.717, 1.165) is 11.1 Å². The monoisotopic (exact) mass is 482 g/mol. The number of rotatable bonds is 7. The summed E-state index contributed by atoms with van der Waals surface area (Å²) in [6, 6.07) is 21.5. The van der Waals surface area contributed by atoms with Gasteiger partial charge in [-0.25, -0.2) is 19.2 Å². The van der Waals surface area contributed by atoms with Crippen LogP contribution in [0.3, 0.4) is 0 Å². The number of carbonyl (C=O) groups is 4. The van der Waals surface area contributed by atoms with Crippen LogP contribution in [0.2, 0.25) is 0 Å². The van der Waals surface area contributed by atoms with Crippen molar-refractivity contribution in [1.29, 1.82) is 0 Å². The number of hydrogen-bond donors (Lipinski definition) is 4. The molecule has 0 saturated carbocycles. The molecule has 4 N–H and O–H groups in total. The molecule has 8 heteroatoms. The molecule has 36 heavy (non-hydrogen) atoms. The van der Waals surface area contributed by atoms with Gasteiger partial charge in [-0.2, -0.15) is 0 Å². The molecule has 4 aromatic rings. The van der Waals surface area contributed by atoms with Gasteiger partial charge in [-0.1, -0.05) is 48.5 Å². The van der Waals surface area contributed by atoms with E-state index in [4.69, 9.17) is 0 Å². The molecule has 0 aromatic heterocycles. The third-order valence-electron chi connectivity index (χ3n) is 5.72. The molecule has 8 nitrogen and oxygen atoms in total. The topological polar surface area (TPSA) is 149 Å². The Morgan fingerprint density at radius 1 is 0.389 bits per heavy atom. The first-order chi connectivity index (χ1) is 17.2. The zero-order valence-corrected chi connectivity index (χ0v) is 18.5. The maximum Gasteiger partial charge on any atom is 0.336 e. The van der Waals surface area contributed by atoms with Gasteiger partial charge in [0.2, 0.25) is 0 Å². The number of benzene rings is 4. The second kappa shape index (κ2) is 9.55. The average molecular weight is 482 g/mol. The molecule has 0 aliphatic carbocycles. The third-order valence-corrected chi connectivity index (χ3v) is 5.72. The minimum absolute atomic E-state index is 0.0186. The molecule has 0 atom stereocenters. The van der Waals surface area contributed by atoms with Crippen LogP contribution in [0.25, 0.3) is 33.4 Å². The summed E-state index contributed by atoms with van der Waals surface area (Å²) in [7, 11) is 0. The zero-order valence-electron chi connectivity index (χ0n) is 18.5. The lowest BCUT2D eigenvalue weighted by atomic mass is 9.93. The van der Waals surface area contributed by atoms with E-state index in [-0.39, 0.29) is 33.4 Å². The van der Waals surface area contributed by atoms with Crippen LogP contribution in [0, 0.1) is 0 Å². The smallest absolute Gasteiger partial charge is 0.336 e. The number of aromatic carboxylic acids is 4. The minimum Gasteiger partial charge on any atom is -0.478 e. The average Bonchev–Trinajstić information content (AvgIpc) is 2.88. The van der Waals surface area contributed by atoms with E-state index in [0.29, 0.717) is 11.1 Å². The van der Waals surface area contributed by atoms with Crippen molar-refractivity contribution in [2.24, 2.45) is 0 Å². The summed E-state index contributed by atoms with van der Waals surface area (Å²) in [6.45, 7) is 0. The van der Waals surface area contributed by atoms with Gasteiger partial charge in [-0.05, 0) is 69.8 Å². The van der Waals surface area contributed by atoms with Gasteiger partial charge in [-0.15, -0.1) is 0 Å². The van der Waals surface area contributed by atoms with Crippen molar-refractivity contribution < 1.29 is 39.6 Å². The standard InChI is InChI=1S/C28H18O8/c29-25(30)19-9-11-21(27(33)34)23(13-19)17-5-1-15(2-6-17)16-3-7-18(8-4-16)24-14-20(26(31)32)10-12-22(24)28(35)36/h1-14H,(H,29,30)(H,31,32)(H,33,34)(H,35,36). The lowest BCUT2D eigenvalue weighted by Crippen LogP contribution is -2.03. The summed E-state index contributed by atoms with van der Waals surface area (Å²) in [5.41, 5.74) is 3.12. The highest BCUT2D eigenvalue weighted by Crippen LogP contribution is 2.31. The lowest BCUT2D eigenvalue weighted by molar-refractivity contribution is 0.0682. The summed E-state index contributed by atoms with van der Waals surface area (Å²) in [4.78, 5) is 45.9. The van der Waals surface area contributed by atoms with Crippen molar-refractivity contribution in [1.82, 2.24) is 0 Å². The molecule has 0 amide bonds. The first-order valence-electron chi connectivity index (χ1n) is 10.6. The summed E-state index contributed by atoms with van der Waals surface area (Å²) >= 11 is 0. The van der Waals surface area contributed by atoms with E-state index in [1.165, 1.54) is 36.4 Å². The SMILES string of the molecule is O=C(O)c1ccc(C(=O)O)c(-c2ccc(-c3ccc(-c4cc(C(=O)O)ccc4C(=O)O)cc3)cc2)c1. The van der Waals surface area contributed by atoms with E-state index >= 15 is 0 Å². The molecule has 0 unspecified atom stereocenters. The summed E-state index contributed by atoms with van der Waals surface area (Å²) in [5.74, 6) is -4.67. The summed E-state index contributed by atoms with van der Waals surface area (Å²) in [5, 5.41) is 37.5. The highest BCUT2D eigenvalue weighted by atomic mass is 16.4. The van der Waals surface area contributed by atoms with Crippen molar-refractivity contribution in [3.05, 3.63) is 107 Å². The molecular weight excluding hydrogens is 464 g/mol. The quantitative estimate of drug-likeness (QED) is 0.270. The van der Waals surface area contributed by atoms with Crippen molar-refractivity contribution in [2.45, 2.75) is 0 Å². The van der Waals surface area contributed by atoms with Crippen molar-refractivity contribution >= 4 is 23.9 Å². The molecule has 0 aliphatic heterocycles. The van der Waals surface area contributed by atoms with Crippen LogP contribution in [0.5, 0.6) is 0 Å². The molecule has 0 spiro atoms. The largest absolute Gasteiger partial charge is 0.478 e. The fourth-order valence-electron chi connectivity index (χ4n) is 3.89. The number of carboxylic acid groups (broad SMARTS) is 4. The first-order valence-corrected chi connectivity index (χ1v) is 10.6. The van der Waals surface area contributed by atoms with Crippen molar-refractivity contribution in [3.63, 3.8) is 0 Å². The molecule has 0 aliphatic rings. The Kier molecular flexibility index (Phi) is 6.34. The van der Waals surface area contributed by atoms with Crippen LogP contribution in [-0.2, 0) is 0 Å². The molecule has 0 saturated heterocycles. The minimum atomic E-state index is -1.17. The number of carboxylic acids is 4. The van der Waals surface area contributed by atoms with E-state index in [9.17, 15) is 39.6 Å². The van der Waals surface area contributed by atoms with Gasteiger partial charge in [0.1, 0.15) is 0 Å². The van der Waals surface area contributed by atoms with E-state index in [1.54, 1.807) is 48.5 Å². The van der Waals surface area contributed by atoms with Gasteiger partial charge in [-0.3, -0.25) is 0 Å². The number of hydrogen-bond acceptors (Lipinski definition) is 4. The molecule has 4 rings (SSSR count). The van der Waals surface area contributed by atoms with Crippen molar-refractivity contribution in [3.8, 4) is 33.4 Å². The van der Waals surface area contributed by atoms with Crippen LogP contribution in [-0.4, -0.2) is 44.3 Å². The maximum absolute atomic E-state index is 11.6. The highest BCUT2D eigenvalue weighted by molar-refractivity contribution is 6.00. The first kappa shape index (κ1) is 23.9. The van der Waals surface area contributed by atoms with Crippen LogP contribution in [0.1, 0.15) is 41.4 Å². The van der Waals surface area contributed by atoms with Gasteiger partial charge < -0.3 is 20.4 Å². The van der Waals surface area contributed by atoms with Gasteiger partial charge in [0.05, 0.1) is 22.3 Å². The van der Waals surface area contributed by atoms with Crippen LogP contribution >= 0.6 is 0 Å². The Labute approximate surface area is 204 Å². The predicted octanol–water partition coefficient (Wildman–Crippen LogP) is 5.48. The van der Waals surface area contributed by atoms with Gasteiger partial charge in [0.15, 0.2) is 0 Å². The van der Waals surface area contributed by atoms with E-state index < -0.39 is 23.9 Å². The van der Waals surface area contributed by atoms with E-state index in [2.05, 4.69) is 0 Å². The fraction of sp³-hybridized carbons (Fsp3) is 0. The molecule has 0 radical (unpaired) electrons. The van der Waals surface area contributed by atoms with Gasteiger partial charge in [0, 0.05) is 0 Å². The van der Waals surface area contributed by atoms with Crippen molar-refractivity contribution in [2.75, 3.05) is 0 Å². The normalized spacial score (nSPS) is 10.6. The zero-order chi connectivity index (χ0) is 26.0. The highest BCUT2D eigenvalue weighted by Gasteiger charge is 2.17. The Bertz CT molecular complexity index is 1400. The second-order valence-electron chi connectivity index (χ2n) is 7.90. The maximum atomic E-state index is 11.6. The Morgan fingerprint density at radius 2 is 0.694 bits per heavy atom.